The third-order valence-electron chi connectivity index (χ3n) is 5.67. The molecule has 0 spiro atoms. The van der Waals surface area contributed by atoms with E-state index in [-0.39, 0.29) is 18.0 Å². The molecule has 152 valence electrons. The van der Waals surface area contributed by atoms with Crippen LogP contribution in [-0.4, -0.2) is 74.0 Å². The first-order valence-electron chi connectivity index (χ1n) is 9.92. The summed E-state index contributed by atoms with van der Waals surface area (Å²) in [4.78, 5) is 29.6. The molecular weight excluding hydrogens is 366 g/mol. The van der Waals surface area contributed by atoms with Crippen molar-refractivity contribution in [3.63, 3.8) is 0 Å². The van der Waals surface area contributed by atoms with Crippen molar-refractivity contribution < 1.29 is 4.79 Å². The Morgan fingerprint density at radius 1 is 1.24 bits per heavy atom. The van der Waals surface area contributed by atoms with Gasteiger partial charge in [0.2, 0.25) is 11.9 Å². The van der Waals surface area contributed by atoms with Crippen molar-refractivity contribution >= 4 is 22.9 Å². The minimum Gasteiger partial charge on any atom is -0.350 e. The zero-order valence-electron chi connectivity index (χ0n) is 17.3. The number of hydrogen-bond donors (Lipinski definition) is 1. The van der Waals surface area contributed by atoms with Gasteiger partial charge in [0, 0.05) is 44.8 Å². The molecule has 1 aliphatic heterocycles. The van der Waals surface area contributed by atoms with Crippen LogP contribution in [0.4, 0.5) is 5.95 Å². The SMILES string of the molecule is CC(=O)N1CCN(C)C(C(C)Nc2nccc(-n3cnc4cc(C)ccc43)n2)C1. The molecule has 0 saturated carbocycles. The maximum atomic E-state index is 11.8. The Balaban J connectivity index is 1.55. The van der Waals surface area contributed by atoms with E-state index in [1.165, 1.54) is 5.56 Å². The van der Waals surface area contributed by atoms with Crippen LogP contribution in [0.25, 0.3) is 16.9 Å². The summed E-state index contributed by atoms with van der Waals surface area (Å²) < 4.78 is 1.97. The van der Waals surface area contributed by atoms with E-state index in [1.807, 2.05) is 15.5 Å². The molecule has 3 aromatic rings. The third kappa shape index (κ3) is 3.93. The lowest BCUT2D eigenvalue weighted by molar-refractivity contribution is -0.131. The Kier molecular flexibility index (Phi) is 5.19. The quantitative estimate of drug-likeness (QED) is 0.731. The summed E-state index contributed by atoms with van der Waals surface area (Å²) in [6.45, 7) is 8.12. The van der Waals surface area contributed by atoms with Crippen molar-refractivity contribution in [2.24, 2.45) is 0 Å². The number of amides is 1. The van der Waals surface area contributed by atoms with Crippen molar-refractivity contribution in [1.82, 2.24) is 29.3 Å². The molecule has 3 heterocycles. The number of nitrogens with zero attached hydrogens (tertiary/aromatic N) is 6. The highest BCUT2D eigenvalue weighted by atomic mass is 16.2. The second-order valence-corrected chi connectivity index (χ2v) is 7.79. The number of likely N-dealkylation sites (N-methyl/N-ethyl adjacent to an activating group) is 1. The molecule has 4 rings (SSSR count). The van der Waals surface area contributed by atoms with Crippen LogP contribution in [0.3, 0.4) is 0 Å². The van der Waals surface area contributed by atoms with E-state index >= 15 is 0 Å². The second kappa shape index (κ2) is 7.79. The maximum absolute atomic E-state index is 11.8. The number of aryl methyl sites for hydroxylation is 1. The summed E-state index contributed by atoms with van der Waals surface area (Å²) in [5, 5.41) is 3.43. The number of piperazine rings is 1. The number of benzene rings is 1. The number of carbonyl (C=O) groups excluding carboxylic acids is 1. The molecule has 1 aliphatic rings. The molecule has 2 atom stereocenters. The summed E-state index contributed by atoms with van der Waals surface area (Å²) in [5.41, 5.74) is 3.13. The first kappa shape index (κ1) is 19.3. The van der Waals surface area contributed by atoms with E-state index in [4.69, 9.17) is 4.98 Å². The molecule has 2 aromatic heterocycles. The number of rotatable bonds is 4. The summed E-state index contributed by atoms with van der Waals surface area (Å²) in [6, 6.07) is 8.34. The van der Waals surface area contributed by atoms with Crippen LogP contribution in [0.5, 0.6) is 0 Å². The van der Waals surface area contributed by atoms with Crippen LogP contribution in [0.2, 0.25) is 0 Å². The summed E-state index contributed by atoms with van der Waals surface area (Å²) in [7, 11) is 2.09. The van der Waals surface area contributed by atoms with Gasteiger partial charge < -0.3 is 10.2 Å². The van der Waals surface area contributed by atoms with Crippen LogP contribution in [-0.2, 0) is 4.79 Å². The van der Waals surface area contributed by atoms with Gasteiger partial charge in [-0.25, -0.2) is 9.97 Å². The molecule has 0 radical (unpaired) electrons. The van der Waals surface area contributed by atoms with Crippen LogP contribution >= 0.6 is 0 Å². The normalized spacial score (nSPS) is 18.8. The van der Waals surface area contributed by atoms with E-state index in [9.17, 15) is 4.79 Å². The van der Waals surface area contributed by atoms with Gasteiger partial charge in [-0.15, -0.1) is 0 Å². The highest BCUT2D eigenvalue weighted by Gasteiger charge is 2.30. The molecule has 1 N–H and O–H groups in total. The molecule has 8 nitrogen and oxygen atoms in total. The number of imidazole rings is 1. The van der Waals surface area contributed by atoms with Crippen LogP contribution in [0.1, 0.15) is 19.4 Å². The van der Waals surface area contributed by atoms with Gasteiger partial charge in [-0.1, -0.05) is 6.07 Å². The molecule has 1 amide bonds. The van der Waals surface area contributed by atoms with Gasteiger partial charge in [-0.05, 0) is 44.7 Å². The average molecular weight is 393 g/mol. The minimum absolute atomic E-state index is 0.0829. The van der Waals surface area contributed by atoms with Crippen LogP contribution in [0, 0.1) is 6.92 Å². The van der Waals surface area contributed by atoms with Crippen LogP contribution in [0.15, 0.2) is 36.8 Å². The number of carbonyl (C=O) groups is 1. The fourth-order valence-corrected chi connectivity index (χ4v) is 3.88. The monoisotopic (exact) mass is 393 g/mol. The van der Waals surface area contributed by atoms with Crippen molar-refractivity contribution in [1.29, 1.82) is 0 Å². The third-order valence-corrected chi connectivity index (χ3v) is 5.67. The highest BCUT2D eigenvalue weighted by molar-refractivity contribution is 5.77. The maximum Gasteiger partial charge on any atom is 0.224 e. The van der Waals surface area contributed by atoms with E-state index < -0.39 is 0 Å². The highest BCUT2D eigenvalue weighted by Crippen LogP contribution is 2.19. The largest absolute Gasteiger partial charge is 0.350 e. The van der Waals surface area contributed by atoms with Gasteiger partial charge in [0.15, 0.2) is 0 Å². The summed E-state index contributed by atoms with van der Waals surface area (Å²) >= 11 is 0. The lowest BCUT2D eigenvalue weighted by atomic mass is 10.1. The molecule has 29 heavy (non-hydrogen) atoms. The van der Waals surface area contributed by atoms with Gasteiger partial charge in [0.25, 0.3) is 0 Å². The molecule has 1 aromatic carbocycles. The number of fused-ring (bicyclic) bond motifs is 1. The Labute approximate surface area is 170 Å². The fraction of sp³-hybridized carbons (Fsp3) is 0.429. The van der Waals surface area contributed by atoms with Gasteiger partial charge >= 0.3 is 0 Å². The Morgan fingerprint density at radius 2 is 2.07 bits per heavy atom. The molecule has 2 unspecified atom stereocenters. The van der Waals surface area contributed by atoms with E-state index in [2.05, 4.69) is 59.3 Å². The number of anilines is 1. The standard InChI is InChI=1S/C21H27N7O/c1-14-5-6-18-17(11-14)23-13-28(18)20-7-8-22-21(25-20)24-15(2)19-12-27(16(3)29)10-9-26(19)4/h5-8,11,13,15,19H,9-10,12H2,1-4H3,(H,22,24,25). The van der Waals surface area contributed by atoms with Gasteiger partial charge in [0.05, 0.1) is 11.0 Å². The van der Waals surface area contributed by atoms with Gasteiger partial charge in [-0.2, -0.15) is 4.98 Å². The van der Waals surface area contributed by atoms with E-state index in [1.54, 1.807) is 19.4 Å². The van der Waals surface area contributed by atoms with E-state index in [0.717, 1.165) is 29.9 Å². The average Bonchev–Trinajstić information content (AvgIpc) is 3.11. The first-order chi connectivity index (χ1) is 13.9. The number of hydrogen-bond acceptors (Lipinski definition) is 6. The Morgan fingerprint density at radius 3 is 2.86 bits per heavy atom. The number of aromatic nitrogens is 4. The predicted molar refractivity (Wildman–Crippen MR) is 113 cm³/mol. The molecular formula is C21H27N7O. The first-order valence-corrected chi connectivity index (χ1v) is 9.92. The lowest BCUT2D eigenvalue weighted by Gasteiger charge is -2.42. The Bertz CT molecular complexity index is 1030. The zero-order valence-corrected chi connectivity index (χ0v) is 17.3. The smallest absolute Gasteiger partial charge is 0.224 e. The number of nitrogens with one attached hydrogen (secondary N) is 1. The zero-order chi connectivity index (χ0) is 20.5. The molecule has 1 saturated heterocycles. The second-order valence-electron chi connectivity index (χ2n) is 7.79. The molecule has 1 fully saturated rings. The van der Waals surface area contributed by atoms with Gasteiger partial charge in [0.1, 0.15) is 12.1 Å². The summed E-state index contributed by atoms with van der Waals surface area (Å²) in [5.74, 6) is 1.46. The van der Waals surface area contributed by atoms with Gasteiger partial charge in [-0.3, -0.25) is 14.3 Å². The van der Waals surface area contributed by atoms with Crippen molar-refractivity contribution in [3.8, 4) is 5.82 Å². The predicted octanol–water partition coefficient (Wildman–Crippen LogP) is 2.09. The van der Waals surface area contributed by atoms with Crippen molar-refractivity contribution in [3.05, 3.63) is 42.4 Å². The molecule has 0 bridgehead atoms. The van der Waals surface area contributed by atoms with Crippen molar-refractivity contribution in [2.45, 2.75) is 32.9 Å². The van der Waals surface area contributed by atoms with Crippen molar-refractivity contribution in [2.75, 3.05) is 32.0 Å². The van der Waals surface area contributed by atoms with E-state index in [0.29, 0.717) is 12.5 Å². The van der Waals surface area contributed by atoms with Crippen LogP contribution < -0.4 is 5.32 Å². The molecule has 8 heteroatoms. The fourth-order valence-electron chi connectivity index (χ4n) is 3.88. The lowest BCUT2D eigenvalue weighted by Crippen LogP contribution is -2.58. The summed E-state index contributed by atoms with van der Waals surface area (Å²) in [6.07, 6.45) is 3.54. The molecule has 0 aliphatic carbocycles. The Hall–Kier alpha value is -3.00. The minimum atomic E-state index is 0.0829. The topological polar surface area (TPSA) is 79.2 Å².